The fraction of sp³-hybridized carbons (Fsp3) is 0.462. The zero-order valence-electron chi connectivity index (χ0n) is 11.0. The second-order valence-corrected chi connectivity index (χ2v) is 5.33. The molecule has 1 aliphatic heterocycles. The molecule has 1 unspecified atom stereocenters. The second-order valence-electron chi connectivity index (χ2n) is 5.33. The molecule has 1 aliphatic rings. The van der Waals surface area contributed by atoms with Gasteiger partial charge in [-0.25, -0.2) is 0 Å². The van der Waals surface area contributed by atoms with Crippen molar-refractivity contribution in [2.45, 2.75) is 19.9 Å². The third kappa shape index (κ3) is 2.62. The van der Waals surface area contributed by atoms with Crippen LogP contribution in [0.4, 0.5) is 10.1 Å². The van der Waals surface area contributed by atoms with Crippen LogP contribution in [-0.4, -0.2) is 34.0 Å². The van der Waals surface area contributed by atoms with Gasteiger partial charge in [0.2, 0.25) is 5.82 Å². The lowest BCUT2D eigenvalue weighted by Crippen LogP contribution is -2.31. The number of hydrogen-bond acceptors (Lipinski definition) is 4. The number of hydrogen-bond donors (Lipinski definition) is 1. The molecule has 0 radical (unpaired) electrons. The molecule has 7 heteroatoms. The van der Waals surface area contributed by atoms with Gasteiger partial charge >= 0.3 is 11.7 Å². The molecule has 1 saturated heterocycles. The molecule has 1 N–H and O–H groups in total. The standard InChI is InChI=1S/C13H15FN2O4/c1-13(12(17)18)5-6-15(8-13)7-9-3-2-4-10(11(9)14)16(19)20/h2-4H,5-8H2,1H3,(H,17,18). The fourth-order valence-electron chi connectivity index (χ4n) is 2.44. The first kappa shape index (κ1) is 14.4. The van der Waals surface area contributed by atoms with Crippen molar-refractivity contribution in [2.75, 3.05) is 13.1 Å². The first-order valence-electron chi connectivity index (χ1n) is 6.21. The summed E-state index contributed by atoms with van der Waals surface area (Å²) in [7, 11) is 0. The third-order valence-electron chi connectivity index (χ3n) is 3.72. The van der Waals surface area contributed by atoms with Crippen molar-refractivity contribution in [1.29, 1.82) is 0 Å². The Morgan fingerprint density at radius 3 is 2.85 bits per heavy atom. The Morgan fingerprint density at radius 2 is 2.30 bits per heavy atom. The highest BCUT2D eigenvalue weighted by Gasteiger charge is 2.40. The van der Waals surface area contributed by atoms with E-state index in [1.54, 1.807) is 11.8 Å². The SMILES string of the molecule is CC1(C(=O)O)CCN(Cc2cccc([N+](=O)[O-])c2F)C1. The van der Waals surface area contributed by atoms with Crippen LogP contribution >= 0.6 is 0 Å². The number of carbonyl (C=O) groups is 1. The molecule has 1 aromatic carbocycles. The van der Waals surface area contributed by atoms with E-state index in [2.05, 4.69) is 0 Å². The zero-order chi connectivity index (χ0) is 14.9. The molecule has 1 heterocycles. The molecule has 2 rings (SSSR count). The van der Waals surface area contributed by atoms with Gasteiger partial charge in [-0.2, -0.15) is 4.39 Å². The van der Waals surface area contributed by atoms with E-state index in [0.717, 1.165) is 6.07 Å². The number of likely N-dealkylation sites (tertiary alicyclic amines) is 1. The molecule has 6 nitrogen and oxygen atoms in total. The third-order valence-corrected chi connectivity index (χ3v) is 3.72. The molecule has 0 amide bonds. The van der Waals surface area contributed by atoms with Gasteiger partial charge in [0.15, 0.2) is 0 Å². The Balaban J connectivity index is 2.15. The maximum Gasteiger partial charge on any atom is 0.310 e. The lowest BCUT2D eigenvalue weighted by molar-refractivity contribution is -0.387. The van der Waals surface area contributed by atoms with Crippen molar-refractivity contribution in [3.05, 3.63) is 39.7 Å². The molecule has 0 spiro atoms. The van der Waals surface area contributed by atoms with E-state index < -0.39 is 27.8 Å². The number of nitrogens with zero attached hydrogens (tertiary/aromatic N) is 2. The average Bonchev–Trinajstić information content (AvgIpc) is 2.75. The summed E-state index contributed by atoms with van der Waals surface area (Å²) < 4.78 is 13.9. The number of aliphatic carboxylic acids is 1. The molecule has 0 bridgehead atoms. The van der Waals surface area contributed by atoms with Gasteiger partial charge in [-0.15, -0.1) is 0 Å². The summed E-state index contributed by atoms with van der Waals surface area (Å²) >= 11 is 0. The Kier molecular flexibility index (Phi) is 3.71. The largest absolute Gasteiger partial charge is 0.481 e. The van der Waals surface area contributed by atoms with Crippen LogP contribution in [0, 0.1) is 21.3 Å². The summed E-state index contributed by atoms with van der Waals surface area (Å²) in [4.78, 5) is 22.9. The minimum absolute atomic E-state index is 0.177. The predicted molar refractivity (Wildman–Crippen MR) is 68.7 cm³/mol. The van der Waals surface area contributed by atoms with Crippen LogP contribution in [0.5, 0.6) is 0 Å². The normalized spacial score (nSPS) is 22.9. The van der Waals surface area contributed by atoms with Gasteiger partial charge in [0.05, 0.1) is 10.3 Å². The van der Waals surface area contributed by atoms with Crippen molar-refractivity contribution in [1.82, 2.24) is 4.90 Å². The van der Waals surface area contributed by atoms with Gasteiger partial charge in [-0.3, -0.25) is 19.8 Å². The Morgan fingerprint density at radius 1 is 1.60 bits per heavy atom. The minimum atomic E-state index is -0.875. The van der Waals surface area contributed by atoms with Crippen molar-refractivity contribution in [3.63, 3.8) is 0 Å². The van der Waals surface area contributed by atoms with Crippen molar-refractivity contribution < 1.29 is 19.2 Å². The smallest absolute Gasteiger partial charge is 0.310 e. The van der Waals surface area contributed by atoms with Crippen LogP contribution in [-0.2, 0) is 11.3 Å². The Labute approximate surface area is 115 Å². The van der Waals surface area contributed by atoms with Crippen molar-refractivity contribution in [3.8, 4) is 0 Å². The number of rotatable bonds is 4. The summed E-state index contributed by atoms with van der Waals surface area (Å²) in [6.07, 6.45) is 0.485. The number of carboxylic acid groups (broad SMARTS) is 1. The van der Waals surface area contributed by atoms with E-state index in [1.807, 2.05) is 0 Å². The molecular formula is C13H15FN2O4. The van der Waals surface area contributed by atoms with E-state index in [-0.39, 0.29) is 12.1 Å². The zero-order valence-corrected chi connectivity index (χ0v) is 11.0. The number of benzene rings is 1. The summed E-state index contributed by atoms with van der Waals surface area (Å²) in [6.45, 7) is 2.67. The monoisotopic (exact) mass is 282 g/mol. The highest BCUT2D eigenvalue weighted by molar-refractivity contribution is 5.74. The predicted octanol–water partition coefficient (Wildman–Crippen LogP) is 2.03. The van der Waals surface area contributed by atoms with Gasteiger partial charge in [-0.1, -0.05) is 12.1 Å². The quantitative estimate of drug-likeness (QED) is 0.674. The van der Waals surface area contributed by atoms with Crippen LogP contribution in [0.25, 0.3) is 0 Å². The topological polar surface area (TPSA) is 83.7 Å². The van der Waals surface area contributed by atoms with Crippen LogP contribution < -0.4 is 0 Å². The molecule has 108 valence electrons. The lowest BCUT2D eigenvalue weighted by atomic mass is 9.90. The molecule has 1 aromatic rings. The minimum Gasteiger partial charge on any atom is -0.481 e. The number of nitro groups is 1. The van der Waals surface area contributed by atoms with E-state index >= 15 is 0 Å². The fourth-order valence-corrected chi connectivity index (χ4v) is 2.44. The van der Waals surface area contributed by atoms with Gasteiger partial charge in [-0.05, 0) is 19.9 Å². The molecule has 1 fully saturated rings. The highest BCUT2D eigenvalue weighted by atomic mass is 19.1. The first-order valence-corrected chi connectivity index (χ1v) is 6.21. The van der Waals surface area contributed by atoms with Gasteiger partial charge in [0.1, 0.15) is 0 Å². The van der Waals surface area contributed by atoms with E-state index in [1.165, 1.54) is 12.1 Å². The summed E-state index contributed by atoms with van der Waals surface area (Å²) in [5, 5.41) is 19.8. The average molecular weight is 282 g/mol. The molecule has 0 saturated carbocycles. The van der Waals surface area contributed by atoms with Gasteiger partial charge in [0.25, 0.3) is 0 Å². The summed E-state index contributed by atoms with van der Waals surface area (Å²) in [5.41, 5.74) is -1.17. The van der Waals surface area contributed by atoms with Crippen LogP contribution in [0.3, 0.4) is 0 Å². The lowest BCUT2D eigenvalue weighted by Gasteiger charge is -2.20. The molecular weight excluding hydrogens is 267 g/mol. The Hall–Kier alpha value is -2.02. The molecule has 20 heavy (non-hydrogen) atoms. The Bertz CT molecular complexity index is 563. The summed E-state index contributed by atoms with van der Waals surface area (Å²) in [6, 6.07) is 4.03. The number of carboxylic acids is 1. The highest BCUT2D eigenvalue weighted by Crippen LogP contribution is 2.32. The van der Waals surface area contributed by atoms with E-state index in [4.69, 9.17) is 5.11 Å². The van der Waals surface area contributed by atoms with E-state index in [9.17, 15) is 19.3 Å². The second kappa shape index (κ2) is 5.16. The molecule has 0 aliphatic carbocycles. The first-order chi connectivity index (χ1) is 9.33. The molecule has 0 aromatic heterocycles. The summed E-state index contributed by atoms with van der Waals surface area (Å²) in [5.74, 6) is -1.72. The number of nitro benzene ring substituents is 1. The maximum absolute atomic E-state index is 13.9. The van der Waals surface area contributed by atoms with Crippen LogP contribution in [0.1, 0.15) is 18.9 Å². The molecule has 1 atom stereocenters. The maximum atomic E-state index is 13.9. The van der Waals surface area contributed by atoms with Crippen LogP contribution in [0.2, 0.25) is 0 Å². The van der Waals surface area contributed by atoms with Gasteiger partial charge < -0.3 is 5.11 Å². The van der Waals surface area contributed by atoms with Crippen molar-refractivity contribution >= 4 is 11.7 Å². The van der Waals surface area contributed by atoms with Crippen LogP contribution in [0.15, 0.2) is 18.2 Å². The van der Waals surface area contributed by atoms with Crippen molar-refractivity contribution in [2.24, 2.45) is 5.41 Å². The number of halogens is 1. The van der Waals surface area contributed by atoms with Gasteiger partial charge in [0, 0.05) is 24.7 Å². The van der Waals surface area contributed by atoms with E-state index in [0.29, 0.717) is 19.5 Å².